The van der Waals surface area contributed by atoms with Crippen molar-refractivity contribution in [3.8, 4) is 0 Å². The van der Waals surface area contributed by atoms with Crippen LogP contribution in [0.2, 0.25) is 10.0 Å². The molecule has 21 heavy (non-hydrogen) atoms. The second-order valence-electron chi connectivity index (χ2n) is 5.45. The summed E-state index contributed by atoms with van der Waals surface area (Å²) in [5.74, 6) is 0. The van der Waals surface area contributed by atoms with Gasteiger partial charge in [0.25, 0.3) is 0 Å². The van der Waals surface area contributed by atoms with Crippen molar-refractivity contribution in [3.63, 3.8) is 0 Å². The number of thioether (sulfide) groups is 1. The maximum Gasteiger partial charge on any atom is 0.0406 e. The molecule has 0 saturated carbocycles. The van der Waals surface area contributed by atoms with Crippen molar-refractivity contribution in [2.45, 2.75) is 29.4 Å². The van der Waals surface area contributed by atoms with Gasteiger partial charge >= 0.3 is 0 Å². The van der Waals surface area contributed by atoms with Gasteiger partial charge in [0.2, 0.25) is 0 Å². The Morgan fingerprint density at radius 2 is 1.14 bits per heavy atom. The van der Waals surface area contributed by atoms with Crippen LogP contribution in [0.4, 0.5) is 0 Å². The van der Waals surface area contributed by atoms with Gasteiger partial charge in [-0.2, -0.15) is 0 Å². The summed E-state index contributed by atoms with van der Waals surface area (Å²) in [7, 11) is 0. The Morgan fingerprint density at radius 1 is 0.762 bits per heavy atom. The molecule has 0 aliphatic carbocycles. The highest BCUT2D eigenvalue weighted by Crippen LogP contribution is 2.49. The number of benzene rings is 2. The molecule has 0 radical (unpaired) electrons. The van der Waals surface area contributed by atoms with Gasteiger partial charge in [-0.3, -0.25) is 0 Å². The summed E-state index contributed by atoms with van der Waals surface area (Å²) in [6.45, 7) is 0. The van der Waals surface area contributed by atoms with E-state index in [9.17, 15) is 0 Å². The Hall–Kier alpha value is -0.670. The van der Waals surface area contributed by atoms with E-state index in [1.54, 1.807) is 0 Å². The quantitative estimate of drug-likeness (QED) is 0.768. The molecule has 110 valence electrons. The molecule has 1 aliphatic heterocycles. The molecular weight excluding hydrogens is 321 g/mol. The summed E-state index contributed by atoms with van der Waals surface area (Å²) < 4.78 is 0. The zero-order valence-corrected chi connectivity index (χ0v) is 13.8. The second kappa shape index (κ2) is 6.62. The van der Waals surface area contributed by atoms with Gasteiger partial charge in [0.1, 0.15) is 0 Å². The summed E-state index contributed by atoms with van der Waals surface area (Å²) >= 11 is 13.9. The minimum Gasteiger partial charge on any atom is -0.328 e. The maximum absolute atomic E-state index is 6.28. The zero-order chi connectivity index (χ0) is 14.8. The lowest BCUT2D eigenvalue weighted by Crippen LogP contribution is -2.28. The van der Waals surface area contributed by atoms with Crippen LogP contribution in [0, 0.1) is 0 Å². The standard InChI is InChI=1S/C17H17Cl2NS/c18-13-5-1-11(2-6-13)16-9-15(20)10-17(21-16)12-3-7-14(19)8-4-12/h1-8,15-17H,9-10,20H2/t15?,16-,17+. The van der Waals surface area contributed by atoms with E-state index in [2.05, 4.69) is 24.3 Å². The van der Waals surface area contributed by atoms with E-state index in [0.717, 1.165) is 22.9 Å². The highest BCUT2D eigenvalue weighted by Gasteiger charge is 2.29. The second-order valence-corrected chi connectivity index (χ2v) is 7.73. The largest absolute Gasteiger partial charge is 0.328 e. The third kappa shape index (κ3) is 3.75. The van der Waals surface area contributed by atoms with Crippen LogP contribution in [0.25, 0.3) is 0 Å². The Balaban J connectivity index is 1.81. The van der Waals surface area contributed by atoms with Crippen molar-refractivity contribution in [1.82, 2.24) is 0 Å². The molecule has 2 aromatic rings. The average molecular weight is 338 g/mol. The molecule has 2 aromatic carbocycles. The summed E-state index contributed by atoms with van der Waals surface area (Å²) in [5, 5.41) is 2.40. The van der Waals surface area contributed by atoms with Crippen LogP contribution in [0.1, 0.15) is 34.5 Å². The minimum atomic E-state index is 0.229. The van der Waals surface area contributed by atoms with Gasteiger partial charge in [0.05, 0.1) is 0 Å². The maximum atomic E-state index is 6.28. The first-order valence-electron chi connectivity index (χ1n) is 7.04. The van der Waals surface area contributed by atoms with Gasteiger partial charge in [0, 0.05) is 26.6 Å². The molecule has 3 atom stereocenters. The molecule has 1 heterocycles. The number of hydrogen-bond acceptors (Lipinski definition) is 2. The van der Waals surface area contributed by atoms with E-state index in [0.29, 0.717) is 10.5 Å². The molecule has 1 saturated heterocycles. The number of hydrogen-bond donors (Lipinski definition) is 1. The van der Waals surface area contributed by atoms with Crippen LogP contribution in [0.3, 0.4) is 0 Å². The molecule has 1 nitrogen and oxygen atoms in total. The van der Waals surface area contributed by atoms with Crippen molar-refractivity contribution in [1.29, 1.82) is 0 Å². The van der Waals surface area contributed by atoms with Crippen LogP contribution >= 0.6 is 35.0 Å². The fourth-order valence-corrected chi connectivity index (χ4v) is 4.73. The first-order valence-corrected chi connectivity index (χ1v) is 8.73. The number of rotatable bonds is 2. The third-order valence-electron chi connectivity index (χ3n) is 3.85. The van der Waals surface area contributed by atoms with Gasteiger partial charge in [-0.15, -0.1) is 11.8 Å². The summed E-state index contributed by atoms with van der Waals surface area (Å²) in [6.07, 6.45) is 2.02. The van der Waals surface area contributed by atoms with Gasteiger partial charge < -0.3 is 5.73 Å². The Kier molecular flexibility index (Phi) is 4.80. The third-order valence-corrected chi connectivity index (χ3v) is 5.94. The molecule has 0 bridgehead atoms. The van der Waals surface area contributed by atoms with E-state index < -0.39 is 0 Å². The predicted octanol–water partition coefficient (Wildman–Crippen LogP) is 5.63. The van der Waals surface area contributed by atoms with E-state index >= 15 is 0 Å². The van der Waals surface area contributed by atoms with Crippen LogP contribution < -0.4 is 5.73 Å². The van der Waals surface area contributed by atoms with E-state index in [4.69, 9.17) is 28.9 Å². The first kappa shape index (κ1) is 15.2. The van der Waals surface area contributed by atoms with Crippen LogP contribution in [-0.2, 0) is 0 Å². The van der Waals surface area contributed by atoms with E-state index in [-0.39, 0.29) is 6.04 Å². The first-order chi connectivity index (χ1) is 10.1. The molecule has 1 fully saturated rings. The molecule has 2 N–H and O–H groups in total. The van der Waals surface area contributed by atoms with Crippen LogP contribution in [-0.4, -0.2) is 6.04 Å². The smallest absolute Gasteiger partial charge is 0.0406 e. The molecular formula is C17H17Cl2NS. The highest BCUT2D eigenvalue weighted by molar-refractivity contribution is 7.99. The highest BCUT2D eigenvalue weighted by atomic mass is 35.5. The molecule has 3 rings (SSSR count). The lowest BCUT2D eigenvalue weighted by Gasteiger charge is -2.33. The van der Waals surface area contributed by atoms with Crippen molar-refractivity contribution < 1.29 is 0 Å². The molecule has 1 unspecified atom stereocenters. The summed E-state index contributed by atoms with van der Waals surface area (Å²) in [4.78, 5) is 0. The molecule has 4 heteroatoms. The van der Waals surface area contributed by atoms with Gasteiger partial charge in [0.15, 0.2) is 0 Å². The van der Waals surface area contributed by atoms with Crippen molar-refractivity contribution in [2.75, 3.05) is 0 Å². The monoisotopic (exact) mass is 337 g/mol. The molecule has 0 spiro atoms. The fraction of sp³-hybridized carbons (Fsp3) is 0.294. The Morgan fingerprint density at radius 3 is 1.52 bits per heavy atom. The SMILES string of the molecule is NC1C[C@@H](c2ccc(Cl)cc2)S[C@@H](c2ccc(Cl)cc2)C1. The van der Waals surface area contributed by atoms with Crippen LogP contribution in [0.5, 0.6) is 0 Å². The summed E-state index contributed by atoms with van der Waals surface area (Å²) in [6, 6.07) is 16.5. The van der Waals surface area contributed by atoms with Gasteiger partial charge in [-0.05, 0) is 48.2 Å². The summed E-state index contributed by atoms with van der Waals surface area (Å²) in [5.41, 5.74) is 8.89. The van der Waals surface area contributed by atoms with Gasteiger partial charge in [-0.25, -0.2) is 0 Å². The predicted molar refractivity (Wildman–Crippen MR) is 93.2 cm³/mol. The van der Waals surface area contributed by atoms with Gasteiger partial charge in [-0.1, -0.05) is 47.5 Å². The molecule has 0 amide bonds. The fourth-order valence-electron chi connectivity index (χ4n) is 2.74. The number of nitrogens with two attached hydrogens (primary N) is 1. The van der Waals surface area contributed by atoms with Crippen LogP contribution in [0.15, 0.2) is 48.5 Å². The Labute approximate surface area is 139 Å². The lowest BCUT2D eigenvalue weighted by molar-refractivity contribution is 0.534. The normalized spacial score (nSPS) is 25.8. The van der Waals surface area contributed by atoms with Crippen molar-refractivity contribution in [3.05, 3.63) is 69.7 Å². The topological polar surface area (TPSA) is 26.0 Å². The zero-order valence-electron chi connectivity index (χ0n) is 11.5. The molecule has 0 aromatic heterocycles. The lowest BCUT2D eigenvalue weighted by atomic mass is 9.98. The number of halogens is 2. The Bertz CT molecular complexity index is 544. The average Bonchev–Trinajstić information content (AvgIpc) is 2.48. The van der Waals surface area contributed by atoms with E-state index in [1.807, 2.05) is 36.0 Å². The van der Waals surface area contributed by atoms with Crippen molar-refractivity contribution in [2.24, 2.45) is 5.73 Å². The molecule has 1 aliphatic rings. The minimum absolute atomic E-state index is 0.229. The van der Waals surface area contributed by atoms with Crippen molar-refractivity contribution >= 4 is 35.0 Å². The van der Waals surface area contributed by atoms with E-state index in [1.165, 1.54) is 11.1 Å².